The Kier molecular flexibility index (Phi) is 3.74. The first kappa shape index (κ1) is 16.5. The average Bonchev–Trinajstić information content (AvgIpc) is 3.24. The first-order chi connectivity index (χ1) is 14.4. The second-order valence-corrected chi connectivity index (χ2v) is 7.57. The molecule has 2 aliphatic heterocycles. The van der Waals surface area contributed by atoms with Crippen molar-refractivity contribution in [2.45, 2.75) is 12.3 Å². The van der Waals surface area contributed by atoms with Crippen LogP contribution in [0.5, 0.6) is 0 Å². The molecule has 0 bridgehead atoms. The lowest BCUT2D eigenvalue weighted by Gasteiger charge is -2.36. The molecule has 0 spiro atoms. The lowest BCUT2D eigenvalue weighted by Crippen LogP contribution is -2.29. The topological polar surface area (TPSA) is 25.4 Å². The Labute approximate surface area is 169 Å². The van der Waals surface area contributed by atoms with Crippen molar-refractivity contribution in [3.63, 3.8) is 0 Å². The first-order valence-electron chi connectivity index (χ1n) is 10.0. The Hall–Kier alpha value is -3.43. The van der Waals surface area contributed by atoms with Crippen LogP contribution in [0.25, 0.3) is 22.7 Å². The molecule has 0 aliphatic carbocycles. The minimum absolute atomic E-state index is 0.132. The van der Waals surface area contributed by atoms with Gasteiger partial charge in [0.05, 0.1) is 23.9 Å². The summed E-state index contributed by atoms with van der Waals surface area (Å²) in [6, 6.07) is 31.9. The summed E-state index contributed by atoms with van der Waals surface area (Å²) in [5.74, 6) is 0. The van der Waals surface area contributed by atoms with Crippen molar-refractivity contribution in [3.05, 3.63) is 113 Å². The van der Waals surface area contributed by atoms with Crippen LogP contribution in [0, 0.1) is 0 Å². The molecule has 0 N–H and O–H groups in total. The molecule has 3 nitrogen and oxygen atoms in total. The van der Waals surface area contributed by atoms with Gasteiger partial charge in [0.2, 0.25) is 0 Å². The third kappa shape index (κ3) is 2.66. The van der Waals surface area contributed by atoms with Gasteiger partial charge in [0, 0.05) is 16.6 Å². The molecule has 1 fully saturated rings. The van der Waals surface area contributed by atoms with Gasteiger partial charge in [-0.1, -0.05) is 78.9 Å². The van der Waals surface area contributed by atoms with E-state index in [2.05, 4.69) is 95.9 Å². The lowest BCUT2D eigenvalue weighted by molar-refractivity contribution is 0.0569. The fraction of sp³-hybridized carbons (Fsp3) is 0.115. The third-order valence-electron chi connectivity index (χ3n) is 5.86. The maximum absolute atomic E-state index is 6.40. The molecule has 29 heavy (non-hydrogen) atoms. The highest BCUT2D eigenvalue weighted by molar-refractivity contribution is 5.87. The third-order valence-corrected chi connectivity index (χ3v) is 5.86. The smallest absolute Gasteiger partial charge is 0.159 e. The molecule has 1 aromatic heterocycles. The summed E-state index contributed by atoms with van der Waals surface area (Å²) in [4.78, 5) is 7.39. The van der Waals surface area contributed by atoms with E-state index in [9.17, 15) is 0 Å². The predicted octanol–water partition coefficient (Wildman–Crippen LogP) is 5.82. The highest BCUT2D eigenvalue weighted by Gasteiger charge is 2.41. The molecule has 0 unspecified atom stereocenters. The van der Waals surface area contributed by atoms with Crippen LogP contribution in [0.2, 0.25) is 0 Å². The van der Waals surface area contributed by atoms with Crippen LogP contribution in [0.15, 0.2) is 91.0 Å². The Morgan fingerprint density at radius 3 is 2.38 bits per heavy atom. The molecule has 2 atom stereocenters. The van der Waals surface area contributed by atoms with Gasteiger partial charge in [0.15, 0.2) is 6.23 Å². The second kappa shape index (κ2) is 6.57. The molecule has 4 aromatic rings. The zero-order valence-corrected chi connectivity index (χ0v) is 15.9. The number of fused-ring (bicyclic) bond motifs is 4. The molecule has 3 aromatic carbocycles. The van der Waals surface area contributed by atoms with Crippen LogP contribution < -0.4 is 0 Å². The van der Waals surface area contributed by atoms with E-state index < -0.39 is 0 Å². The summed E-state index contributed by atoms with van der Waals surface area (Å²) in [5.41, 5.74) is 6.77. The highest BCUT2D eigenvalue weighted by atomic mass is 16.5. The van der Waals surface area contributed by atoms with E-state index in [4.69, 9.17) is 9.72 Å². The summed E-state index contributed by atoms with van der Waals surface area (Å²) in [6.45, 7) is 0.658. The van der Waals surface area contributed by atoms with Crippen molar-refractivity contribution in [3.8, 4) is 0 Å². The standard InChI is InChI=1S/C26H20N2O/c1-3-9-18(10-4-1)24-16-23-21(15-20-13-7-8-14-22(20)27-23)26-28(24)25(17-29-26)19-11-5-2-6-12-19/h1-16,25-26H,17H2/t25-,26-/m1/s1. The Bertz CT molecular complexity index is 1220. The van der Waals surface area contributed by atoms with Gasteiger partial charge in [0.25, 0.3) is 0 Å². The van der Waals surface area contributed by atoms with Crippen LogP contribution in [-0.2, 0) is 4.74 Å². The van der Waals surface area contributed by atoms with Gasteiger partial charge >= 0.3 is 0 Å². The first-order valence-corrected chi connectivity index (χ1v) is 10.0. The van der Waals surface area contributed by atoms with Crippen LogP contribution in [0.1, 0.15) is 34.7 Å². The zero-order chi connectivity index (χ0) is 19.2. The van der Waals surface area contributed by atoms with Crippen molar-refractivity contribution >= 4 is 22.7 Å². The predicted molar refractivity (Wildman–Crippen MR) is 116 cm³/mol. The molecule has 0 radical (unpaired) electrons. The number of ether oxygens (including phenoxy) is 1. The van der Waals surface area contributed by atoms with Gasteiger partial charge in [-0.3, -0.25) is 0 Å². The van der Waals surface area contributed by atoms with E-state index in [1.165, 1.54) is 11.1 Å². The van der Waals surface area contributed by atoms with Gasteiger partial charge in [-0.15, -0.1) is 0 Å². The molecule has 6 rings (SSSR count). The summed E-state index contributed by atoms with van der Waals surface area (Å²) in [5, 5.41) is 1.15. The maximum Gasteiger partial charge on any atom is 0.159 e. The number of benzene rings is 3. The van der Waals surface area contributed by atoms with Gasteiger partial charge in [0.1, 0.15) is 0 Å². The number of nitrogens with zero attached hydrogens (tertiary/aromatic N) is 2. The van der Waals surface area contributed by atoms with Gasteiger partial charge < -0.3 is 9.64 Å². The van der Waals surface area contributed by atoms with E-state index in [0.717, 1.165) is 27.9 Å². The van der Waals surface area contributed by atoms with Crippen molar-refractivity contribution < 1.29 is 4.74 Å². The molecule has 3 heterocycles. The SMILES string of the molecule is C1=C(c2ccccc2)N2[C@@H](c3ccccc3)CO[C@@H]2c2cc3ccccc3nc21. The van der Waals surface area contributed by atoms with Crippen molar-refractivity contribution in [2.24, 2.45) is 0 Å². The van der Waals surface area contributed by atoms with Crippen molar-refractivity contribution in [1.82, 2.24) is 9.88 Å². The molecule has 140 valence electrons. The molecule has 0 amide bonds. The summed E-state index contributed by atoms with van der Waals surface area (Å²) in [6.07, 6.45) is 2.09. The van der Waals surface area contributed by atoms with E-state index in [1.807, 2.05) is 6.07 Å². The van der Waals surface area contributed by atoms with Crippen LogP contribution in [-0.4, -0.2) is 16.5 Å². The lowest BCUT2D eigenvalue weighted by atomic mass is 9.96. The van der Waals surface area contributed by atoms with Gasteiger partial charge in [-0.25, -0.2) is 4.98 Å². The number of para-hydroxylation sites is 1. The van der Waals surface area contributed by atoms with Crippen LogP contribution in [0.4, 0.5) is 0 Å². The largest absolute Gasteiger partial charge is 0.351 e. The fourth-order valence-corrected chi connectivity index (χ4v) is 4.48. The Morgan fingerprint density at radius 1 is 0.828 bits per heavy atom. The average molecular weight is 376 g/mol. The van der Waals surface area contributed by atoms with Gasteiger partial charge in [-0.05, 0) is 29.3 Å². The number of hydrogen-bond acceptors (Lipinski definition) is 3. The number of aromatic nitrogens is 1. The molecule has 2 aliphatic rings. The highest BCUT2D eigenvalue weighted by Crippen LogP contribution is 2.48. The summed E-state index contributed by atoms with van der Waals surface area (Å²) >= 11 is 0. The zero-order valence-electron chi connectivity index (χ0n) is 15.9. The van der Waals surface area contributed by atoms with E-state index in [0.29, 0.717) is 6.61 Å². The van der Waals surface area contributed by atoms with E-state index >= 15 is 0 Å². The minimum Gasteiger partial charge on any atom is -0.351 e. The quantitative estimate of drug-likeness (QED) is 0.441. The normalized spacial score (nSPS) is 20.3. The van der Waals surface area contributed by atoms with Gasteiger partial charge in [-0.2, -0.15) is 0 Å². The van der Waals surface area contributed by atoms with E-state index in [-0.39, 0.29) is 12.3 Å². The van der Waals surface area contributed by atoms with Crippen LogP contribution >= 0.6 is 0 Å². The van der Waals surface area contributed by atoms with Crippen molar-refractivity contribution in [2.75, 3.05) is 6.61 Å². The maximum atomic E-state index is 6.40. The number of hydrogen-bond donors (Lipinski definition) is 0. The minimum atomic E-state index is -0.132. The number of rotatable bonds is 2. The number of pyridine rings is 1. The fourth-order valence-electron chi connectivity index (χ4n) is 4.48. The Morgan fingerprint density at radius 2 is 1.55 bits per heavy atom. The Balaban J connectivity index is 1.57. The molecule has 1 saturated heterocycles. The summed E-state index contributed by atoms with van der Waals surface area (Å²) < 4.78 is 6.40. The molecular weight excluding hydrogens is 356 g/mol. The molecule has 3 heteroatoms. The van der Waals surface area contributed by atoms with Crippen molar-refractivity contribution in [1.29, 1.82) is 0 Å². The second-order valence-electron chi connectivity index (χ2n) is 7.57. The van der Waals surface area contributed by atoms with E-state index in [1.54, 1.807) is 0 Å². The van der Waals surface area contributed by atoms with Crippen LogP contribution in [0.3, 0.4) is 0 Å². The molecular formula is C26H20N2O. The summed E-state index contributed by atoms with van der Waals surface area (Å²) in [7, 11) is 0. The monoisotopic (exact) mass is 376 g/mol. The molecule has 0 saturated carbocycles.